The van der Waals surface area contributed by atoms with E-state index in [-0.39, 0.29) is 0 Å². The molecule has 1 atom stereocenters. The highest BCUT2D eigenvalue weighted by Crippen LogP contribution is 2.23. The van der Waals surface area contributed by atoms with Crippen molar-refractivity contribution in [3.63, 3.8) is 0 Å². The van der Waals surface area contributed by atoms with E-state index >= 15 is 0 Å². The van der Waals surface area contributed by atoms with E-state index in [1.807, 2.05) is 0 Å². The Balaban J connectivity index is 1.88. The van der Waals surface area contributed by atoms with Crippen LogP contribution in [0.3, 0.4) is 0 Å². The second-order valence-corrected chi connectivity index (χ2v) is 4.12. The van der Waals surface area contributed by atoms with Gasteiger partial charge in [-0.1, -0.05) is 12.8 Å². The van der Waals surface area contributed by atoms with Gasteiger partial charge in [-0.05, 0) is 45.2 Å². The van der Waals surface area contributed by atoms with Gasteiger partial charge in [-0.25, -0.2) is 0 Å². The SMILES string of the molecule is CC(N)CCNCC1CCCC1. The molecule has 2 heteroatoms. The van der Waals surface area contributed by atoms with Crippen molar-refractivity contribution in [3.05, 3.63) is 0 Å². The quantitative estimate of drug-likeness (QED) is 0.614. The predicted octanol–water partition coefficient (Wildman–Crippen LogP) is 1.50. The smallest absolute Gasteiger partial charge is 0.00225 e. The monoisotopic (exact) mass is 170 g/mol. The van der Waals surface area contributed by atoms with E-state index in [0.29, 0.717) is 6.04 Å². The molecule has 0 aliphatic heterocycles. The summed E-state index contributed by atoms with van der Waals surface area (Å²) in [5, 5.41) is 3.48. The number of nitrogens with one attached hydrogen (secondary N) is 1. The van der Waals surface area contributed by atoms with E-state index in [1.54, 1.807) is 0 Å². The molecular weight excluding hydrogens is 148 g/mol. The first kappa shape index (κ1) is 10.0. The molecule has 1 fully saturated rings. The van der Waals surface area contributed by atoms with Gasteiger partial charge < -0.3 is 11.1 Å². The van der Waals surface area contributed by atoms with E-state index < -0.39 is 0 Å². The highest BCUT2D eigenvalue weighted by atomic mass is 14.9. The lowest BCUT2D eigenvalue weighted by atomic mass is 10.1. The average Bonchev–Trinajstić information content (AvgIpc) is 2.49. The zero-order valence-electron chi connectivity index (χ0n) is 8.18. The molecule has 0 spiro atoms. The van der Waals surface area contributed by atoms with Crippen molar-refractivity contribution >= 4 is 0 Å². The summed E-state index contributed by atoms with van der Waals surface area (Å²) >= 11 is 0. The standard InChI is InChI=1S/C10H22N2/c1-9(11)6-7-12-8-10-4-2-3-5-10/h9-10,12H,2-8,11H2,1H3. The molecule has 0 heterocycles. The molecule has 0 aromatic rings. The first-order chi connectivity index (χ1) is 5.79. The van der Waals surface area contributed by atoms with E-state index in [1.165, 1.54) is 32.2 Å². The fourth-order valence-electron chi connectivity index (χ4n) is 1.85. The molecule has 1 aliphatic carbocycles. The maximum absolute atomic E-state index is 5.65. The Labute approximate surface area is 75.9 Å². The van der Waals surface area contributed by atoms with Crippen molar-refractivity contribution in [2.45, 2.75) is 45.1 Å². The largest absolute Gasteiger partial charge is 0.328 e. The molecule has 1 saturated carbocycles. The first-order valence-electron chi connectivity index (χ1n) is 5.25. The summed E-state index contributed by atoms with van der Waals surface area (Å²) in [4.78, 5) is 0. The van der Waals surface area contributed by atoms with Gasteiger partial charge in [0.2, 0.25) is 0 Å². The minimum atomic E-state index is 0.348. The third-order valence-corrected chi connectivity index (χ3v) is 2.68. The average molecular weight is 170 g/mol. The minimum Gasteiger partial charge on any atom is -0.328 e. The van der Waals surface area contributed by atoms with Crippen LogP contribution in [-0.4, -0.2) is 19.1 Å². The molecule has 0 aromatic carbocycles. The summed E-state index contributed by atoms with van der Waals surface area (Å²) in [6.07, 6.45) is 6.86. The molecule has 2 nitrogen and oxygen atoms in total. The van der Waals surface area contributed by atoms with Gasteiger partial charge in [0.1, 0.15) is 0 Å². The number of hydrogen-bond acceptors (Lipinski definition) is 2. The van der Waals surface area contributed by atoms with Crippen LogP contribution in [-0.2, 0) is 0 Å². The highest BCUT2D eigenvalue weighted by Gasteiger charge is 2.13. The van der Waals surface area contributed by atoms with Crippen molar-refractivity contribution < 1.29 is 0 Å². The zero-order chi connectivity index (χ0) is 8.81. The molecule has 0 aromatic heterocycles. The molecular formula is C10H22N2. The van der Waals surface area contributed by atoms with Crippen LogP contribution in [0.5, 0.6) is 0 Å². The summed E-state index contributed by atoms with van der Waals surface area (Å²) in [5.41, 5.74) is 5.65. The summed E-state index contributed by atoms with van der Waals surface area (Å²) in [6, 6.07) is 0.348. The molecule has 1 unspecified atom stereocenters. The van der Waals surface area contributed by atoms with Crippen LogP contribution in [0.25, 0.3) is 0 Å². The number of hydrogen-bond donors (Lipinski definition) is 2. The molecule has 3 N–H and O–H groups in total. The van der Waals surface area contributed by atoms with Crippen molar-refractivity contribution in [1.82, 2.24) is 5.32 Å². The highest BCUT2D eigenvalue weighted by molar-refractivity contribution is 4.69. The fraction of sp³-hybridized carbons (Fsp3) is 1.00. The van der Waals surface area contributed by atoms with Gasteiger partial charge in [-0.3, -0.25) is 0 Å². The van der Waals surface area contributed by atoms with Crippen LogP contribution < -0.4 is 11.1 Å². The Morgan fingerprint density at radius 1 is 1.42 bits per heavy atom. The number of nitrogens with two attached hydrogens (primary N) is 1. The van der Waals surface area contributed by atoms with Crippen molar-refractivity contribution in [1.29, 1.82) is 0 Å². The third kappa shape index (κ3) is 4.07. The van der Waals surface area contributed by atoms with Gasteiger partial charge in [0.05, 0.1) is 0 Å². The fourth-order valence-corrected chi connectivity index (χ4v) is 1.85. The van der Waals surface area contributed by atoms with Crippen LogP contribution in [0, 0.1) is 5.92 Å². The van der Waals surface area contributed by atoms with Crippen LogP contribution in [0.4, 0.5) is 0 Å². The van der Waals surface area contributed by atoms with Crippen LogP contribution in [0.1, 0.15) is 39.0 Å². The van der Waals surface area contributed by atoms with Gasteiger partial charge in [0.25, 0.3) is 0 Å². The summed E-state index contributed by atoms with van der Waals surface area (Å²) < 4.78 is 0. The maximum Gasteiger partial charge on any atom is 0.00225 e. The summed E-state index contributed by atoms with van der Waals surface area (Å²) in [6.45, 7) is 4.37. The molecule has 0 saturated heterocycles. The predicted molar refractivity (Wildman–Crippen MR) is 53.1 cm³/mol. The van der Waals surface area contributed by atoms with Gasteiger partial charge >= 0.3 is 0 Å². The van der Waals surface area contributed by atoms with Crippen molar-refractivity contribution in [3.8, 4) is 0 Å². The van der Waals surface area contributed by atoms with Gasteiger partial charge in [-0.2, -0.15) is 0 Å². The van der Waals surface area contributed by atoms with E-state index in [2.05, 4.69) is 12.2 Å². The zero-order valence-corrected chi connectivity index (χ0v) is 8.18. The lowest BCUT2D eigenvalue weighted by Crippen LogP contribution is -2.27. The van der Waals surface area contributed by atoms with Gasteiger partial charge in [-0.15, -0.1) is 0 Å². The Hall–Kier alpha value is -0.0800. The van der Waals surface area contributed by atoms with E-state index in [9.17, 15) is 0 Å². The molecule has 0 amide bonds. The van der Waals surface area contributed by atoms with Crippen LogP contribution in [0.15, 0.2) is 0 Å². The molecule has 1 aliphatic rings. The van der Waals surface area contributed by atoms with Gasteiger partial charge in [0, 0.05) is 6.04 Å². The summed E-state index contributed by atoms with van der Waals surface area (Å²) in [7, 11) is 0. The van der Waals surface area contributed by atoms with Gasteiger partial charge in [0.15, 0.2) is 0 Å². The molecule has 12 heavy (non-hydrogen) atoms. The van der Waals surface area contributed by atoms with E-state index in [0.717, 1.165) is 18.9 Å². The topological polar surface area (TPSA) is 38.0 Å². The lowest BCUT2D eigenvalue weighted by molar-refractivity contribution is 0.476. The van der Waals surface area contributed by atoms with Crippen molar-refractivity contribution in [2.75, 3.05) is 13.1 Å². The molecule has 0 bridgehead atoms. The molecule has 72 valence electrons. The van der Waals surface area contributed by atoms with Crippen LogP contribution in [0.2, 0.25) is 0 Å². The Morgan fingerprint density at radius 2 is 2.08 bits per heavy atom. The number of rotatable bonds is 5. The summed E-state index contributed by atoms with van der Waals surface area (Å²) in [5.74, 6) is 0.957. The molecule has 0 radical (unpaired) electrons. The van der Waals surface area contributed by atoms with Crippen molar-refractivity contribution in [2.24, 2.45) is 11.7 Å². The lowest BCUT2D eigenvalue weighted by Gasteiger charge is -2.11. The third-order valence-electron chi connectivity index (χ3n) is 2.68. The van der Waals surface area contributed by atoms with E-state index in [4.69, 9.17) is 5.73 Å². The maximum atomic E-state index is 5.65. The second-order valence-electron chi connectivity index (χ2n) is 4.12. The Kier molecular flexibility index (Phi) is 4.62. The Morgan fingerprint density at radius 3 is 2.67 bits per heavy atom. The second kappa shape index (κ2) is 5.55. The first-order valence-corrected chi connectivity index (χ1v) is 5.25. The van der Waals surface area contributed by atoms with Crippen LogP contribution >= 0.6 is 0 Å². The molecule has 1 rings (SSSR count). The normalized spacial score (nSPS) is 21.5. The Bertz CT molecular complexity index is 106. The minimum absolute atomic E-state index is 0.348.